The van der Waals surface area contributed by atoms with Gasteiger partial charge in [-0.25, -0.2) is 9.97 Å². The Morgan fingerprint density at radius 1 is 1.60 bits per heavy atom. The Kier molecular flexibility index (Phi) is 4.13. The molecular formula is C10H15IN4. The normalized spacial score (nSPS) is 20.5. The molecule has 0 radical (unpaired) electrons. The summed E-state index contributed by atoms with van der Waals surface area (Å²) in [5.41, 5.74) is 0. The van der Waals surface area contributed by atoms with E-state index in [1.807, 2.05) is 6.20 Å². The molecule has 0 saturated carbocycles. The lowest BCUT2D eigenvalue weighted by Gasteiger charge is -2.11. The highest BCUT2D eigenvalue weighted by Crippen LogP contribution is 2.13. The Morgan fingerprint density at radius 2 is 2.53 bits per heavy atom. The summed E-state index contributed by atoms with van der Waals surface area (Å²) in [4.78, 5) is 8.15. The maximum atomic E-state index is 4.19. The highest BCUT2D eigenvalue weighted by molar-refractivity contribution is 14.1. The van der Waals surface area contributed by atoms with Gasteiger partial charge in [0.1, 0.15) is 12.1 Å². The van der Waals surface area contributed by atoms with Crippen molar-refractivity contribution in [3.8, 4) is 0 Å². The number of nitrogens with one attached hydrogen (secondary N) is 2. The van der Waals surface area contributed by atoms with Crippen molar-refractivity contribution in [2.75, 3.05) is 18.4 Å². The van der Waals surface area contributed by atoms with Crippen LogP contribution in [0.3, 0.4) is 0 Å². The molecule has 0 aliphatic carbocycles. The predicted molar refractivity (Wildman–Crippen MR) is 68.9 cm³/mol. The first-order valence-corrected chi connectivity index (χ1v) is 6.37. The number of aromatic nitrogens is 2. The molecule has 1 aliphatic rings. The fourth-order valence-corrected chi connectivity index (χ4v) is 2.30. The third kappa shape index (κ3) is 3.27. The standard InChI is InChI=1S/C10H15IN4/c11-9-6-12-7-15-10(9)14-5-3-8-2-1-4-13-8/h6-8,13H,1-5H2,(H,12,14,15)/t8-/m1/s1. The van der Waals surface area contributed by atoms with Crippen LogP contribution in [0.4, 0.5) is 5.82 Å². The number of hydrogen-bond donors (Lipinski definition) is 2. The second kappa shape index (κ2) is 5.60. The van der Waals surface area contributed by atoms with Gasteiger partial charge in [-0.3, -0.25) is 0 Å². The molecule has 0 aromatic carbocycles. The molecule has 1 atom stereocenters. The van der Waals surface area contributed by atoms with Gasteiger partial charge < -0.3 is 10.6 Å². The van der Waals surface area contributed by atoms with Crippen molar-refractivity contribution in [2.45, 2.75) is 25.3 Å². The van der Waals surface area contributed by atoms with Gasteiger partial charge in [-0.15, -0.1) is 0 Å². The zero-order chi connectivity index (χ0) is 10.5. The minimum absolute atomic E-state index is 0.692. The van der Waals surface area contributed by atoms with Gasteiger partial charge in [-0.05, 0) is 48.4 Å². The zero-order valence-electron chi connectivity index (χ0n) is 8.54. The molecule has 0 amide bonds. The molecule has 2 N–H and O–H groups in total. The van der Waals surface area contributed by atoms with Crippen LogP contribution in [0.5, 0.6) is 0 Å². The van der Waals surface area contributed by atoms with E-state index in [1.54, 1.807) is 6.33 Å². The Morgan fingerprint density at radius 3 is 3.27 bits per heavy atom. The van der Waals surface area contributed by atoms with Crippen molar-refractivity contribution in [2.24, 2.45) is 0 Å². The second-order valence-corrected chi connectivity index (χ2v) is 4.89. The smallest absolute Gasteiger partial charge is 0.142 e. The van der Waals surface area contributed by atoms with Crippen molar-refractivity contribution in [1.82, 2.24) is 15.3 Å². The lowest BCUT2D eigenvalue weighted by Crippen LogP contribution is -2.24. The first-order chi connectivity index (χ1) is 7.36. The van der Waals surface area contributed by atoms with E-state index in [9.17, 15) is 0 Å². The molecule has 4 nitrogen and oxygen atoms in total. The van der Waals surface area contributed by atoms with E-state index < -0.39 is 0 Å². The molecule has 82 valence electrons. The number of rotatable bonds is 4. The summed E-state index contributed by atoms with van der Waals surface area (Å²) >= 11 is 2.25. The second-order valence-electron chi connectivity index (χ2n) is 3.73. The molecule has 5 heteroatoms. The molecular weight excluding hydrogens is 303 g/mol. The van der Waals surface area contributed by atoms with Crippen LogP contribution in [0.1, 0.15) is 19.3 Å². The first kappa shape index (κ1) is 11.1. The number of nitrogens with zero attached hydrogens (tertiary/aromatic N) is 2. The van der Waals surface area contributed by atoms with Crippen LogP contribution in [0, 0.1) is 3.57 Å². The summed E-state index contributed by atoms with van der Waals surface area (Å²) in [6, 6.07) is 0.692. The summed E-state index contributed by atoms with van der Waals surface area (Å²) in [6.07, 6.45) is 7.19. The van der Waals surface area contributed by atoms with Gasteiger partial charge in [0.25, 0.3) is 0 Å². The fourth-order valence-electron chi connectivity index (χ4n) is 1.81. The van der Waals surface area contributed by atoms with Crippen molar-refractivity contribution in [3.63, 3.8) is 0 Å². The molecule has 0 spiro atoms. The fraction of sp³-hybridized carbons (Fsp3) is 0.600. The van der Waals surface area contributed by atoms with Gasteiger partial charge in [0.05, 0.1) is 3.57 Å². The Hall–Kier alpha value is -0.430. The lowest BCUT2D eigenvalue weighted by molar-refractivity contribution is 0.574. The average Bonchev–Trinajstić information content (AvgIpc) is 2.74. The predicted octanol–water partition coefficient (Wildman–Crippen LogP) is 1.64. The summed E-state index contributed by atoms with van der Waals surface area (Å²) in [5.74, 6) is 0.948. The third-order valence-corrected chi connectivity index (χ3v) is 3.40. The van der Waals surface area contributed by atoms with Gasteiger partial charge in [0, 0.05) is 18.8 Å². The average molecular weight is 318 g/mol. The monoisotopic (exact) mass is 318 g/mol. The topological polar surface area (TPSA) is 49.8 Å². The third-order valence-electron chi connectivity index (χ3n) is 2.62. The molecule has 0 unspecified atom stereocenters. The van der Waals surface area contributed by atoms with E-state index in [0.717, 1.165) is 15.9 Å². The molecule has 2 rings (SSSR count). The quantitative estimate of drug-likeness (QED) is 0.829. The molecule has 0 bridgehead atoms. The van der Waals surface area contributed by atoms with Crippen LogP contribution < -0.4 is 10.6 Å². The van der Waals surface area contributed by atoms with Crippen molar-refractivity contribution in [3.05, 3.63) is 16.1 Å². The first-order valence-electron chi connectivity index (χ1n) is 5.29. The molecule has 1 saturated heterocycles. The van der Waals surface area contributed by atoms with E-state index in [0.29, 0.717) is 6.04 Å². The van der Waals surface area contributed by atoms with Crippen LogP contribution >= 0.6 is 22.6 Å². The minimum Gasteiger partial charge on any atom is -0.369 e. The van der Waals surface area contributed by atoms with Gasteiger partial charge in [-0.2, -0.15) is 0 Å². The van der Waals surface area contributed by atoms with Crippen molar-refractivity contribution < 1.29 is 0 Å². The van der Waals surface area contributed by atoms with Crippen LogP contribution in [0.2, 0.25) is 0 Å². The van der Waals surface area contributed by atoms with E-state index in [-0.39, 0.29) is 0 Å². The molecule has 2 heterocycles. The highest BCUT2D eigenvalue weighted by Gasteiger charge is 2.13. The molecule has 15 heavy (non-hydrogen) atoms. The molecule has 1 aromatic rings. The lowest BCUT2D eigenvalue weighted by atomic mass is 10.1. The van der Waals surface area contributed by atoms with Gasteiger partial charge in [0.2, 0.25) is 0 Å². The van der Waals surface area contributed by atoms with Gasteiger partial charge >= 0.3 is 0 Å². The Bertz CT molecular complexity index is 312. The maximum absolute atomic E-state index is 4.19. The van der Waals surface area contributed by atoms with E-state index in [1.165, 1.54) is 25.8 Å². The molecule has 1 fully saturated rings. The molecule has 1 aliphatic heterocycles. The highest BCUT2D eigenvalue weighted by atomic mass is 127. The van der Waals surface area contributed by atoms with Crippen LogP contribution in [0.25, 0.3) is 0 Å². The largest absolute Gasteiger partial charge is 0.369 e. The van der Waals surface area contributed by atoms with Gasteiger partial charge in [0.15, 0.2) is 0 Å². The van der Waals surface area contributed by atoms with Crippen LogP contribution in [-0.2, 0) is 0 Å². The van der Waals surface area contributed by atoms with E-state index >= 15 is 0 Å². The van der Waals surface area contributed by atoms with Crippen LogP contribution in [-0.4, -0.2) is 29.1 Å². The Balaban J connectivity index is 1.75. The number of halogens is 1. The van der Waals surface area contributed by atoms with E-state index in [2.05, 4.69) is 43.2 Å². The number of anilines is 1. The van der Waals surface area contributed by atoms with Gasteiger partial charge in [-0.1, -0.05) is 0 Å². The number of hydrogen-bond acceptors (Lipinski definition) is 4. The molecule has 1 aromatic heterocycles. The van der Waals surface area contributed by atoms with Crippen molar-refractivity contribution >= 4 is 28.4 Å². The maximum Gasteiger partial charge on any atom is 0.142 e. The summed E-state index contributed by atoms with van der Waals surface area (Å²) < 4.78 is 1.08. The minimum atomic E-state index is 0.692. The van der Waals surface area contributed by atoms with Crippen LogP contribution in [0.15, 0.2) is 12.5 Å². The SMILES string of the molecule is Ic1cncnc1NCC[C@H]1CCCN1. The van der Waals surface area contributed by atoms with E-state index in [4.69, 9.17) is 0 Å². The summed E-state index contributed by atoms with van der Waals surface area (Å²) in [5, 5.41) is 6.82. The Labute approximate surface area is 103 Å². The zero-order valence-corrected chi connectivity index (χ0v) is 10.7. The van der Waals surface area contributed by atoms with Crippen molar-refractivity contribution in [1.29, 1.82) is 0 Å². The summed E-state index contributed by atoms with van der Waals surface area (Å²) in [7, 11) is 0. The summed E-state index contributed by atoms with van der Waals surface area (Å²) in [6.45, 7) is 2.15.